The molecule has 0 aliphatic carbocycles. The Hall–Kier alpha value is -1.22. The van der Waals surface area contributed by atoms with Gasteiger partial charge in [-0.1, -0.05) is 13.3 Å². The second-order valence-electron chi connectivity index (χ2n) is 4.34. The van der Waals surface area contributed by atoms with E-state index >= 15 is 0 Å². The average molecular weight is 238 g/mol. The minimum atomic E-state index is -0.000562. The molecule has 96 valence electrons. The van der Waals surface area contributed by atoms with Crippen molar-refractivity contribution in [1.29, 1.82) is 0 Å². The molecule has 1 rings (SSSR count). The van der Waals surface area contributed by atoms with Crippen molar-refractivity contribution in [2.24, 2.45) is 0 Å². The smallest absolute Gasteiger partial charge is 0.123 e. The first-order chi connectivity index (χ1) is 8.15. The Labute approximate surface area is 103 Å². The number of aliphatic hydroxyl groups is 1. The molecule has 0 radical (unpaired) electrons. The minimum Gasteiger partial charge on any atom is -0.493 e. The maximum Gasteiger partial charge on any atom is 0.123 e. The fourth-order valence-corrected chi connectivity index (χ4v) is 1.48. The lowest BCUT2D eigenvalue weighted by atomic mass is 10.2. The fourth-order valence-electron chi connectivity index (χ4n) is 1.48. The molecule has 0 bridgehead atoms. The van der Waals surface area contributed by atoms with E-state index in [0.29, 0.717) is 6.61 Å². The van der Waals surface area contributed by atoms with E-state index in [1.54, 1.807) is 0 Å². The van der Waals surface area contributed by atoms with Gasteiger partial charge in [0.05, 0.1) is 19.3 Å². The summed E-state index contributed by atoms with van der Waals surface area (Å²) in [5.41, 5.74) is 0.814. The summed E-state index contributed by atoms with van der Waals surface area (Å²) in [6, 6.07) is 5.56. The van der Waals surface area contributed by atoms with E-state index in [1.165, 1.54) is 0 Å². The maximum atomic E-state index is 9.18. The second-order valence-corrected chi connectivity index (χ2v) is 4.34. The van der Waals surface area contributed by atoms with Crippen LogP contribution in [0.1, 0.15) is 39.2 Å². The molecule has 0 saturated heterocycles. The van der Waals surface area contributed by atoms with Crippen molar-refractivity contribution < 1.29 is 14.6 Å². The normalized spacial score (nSPS) is 10.6. The van der Waals surface area contributed by atoms with E-state index in [9.17, 15) is 5.11 Å². The zero-order valence-electron chi connectivity index (χ0n) is 10.9. The van der Waals surface area contributed by atoms with Gasteiger partial charge in [-0.3, -0.25) is 0 Å². The van der Waals surface area contributed by atoms with Crippen LogP contribution >= 0.6 is 0 Å². The first-order valence-corrected chi connectivity index (χ1v) is 6.20. The molecule has 0 saturated carbocycles. The molecule has 0 unspecified atom stereocenters. The molecule has 0 heterocycles. The van der Waals surface area contributed by atoms with E-state index in [0.717, 1.165) is 29.9 Å². The highest BCUT2D eigenvalue weighted by Gasteiger charge is 2.04. The number of ether oxygens (including phenoxy) is 2. The number of benzene rings is 1. The van der Waals surface area contributed by atoms with Crippen LogP contribution in [0.4, 0.5) is 0 Å². The van der Waals surface area contributed by atoms with Gasteiger partial charge in [0.2, 0.25) is 0 Å². The van der Waals surface area contributed by atoms with Gasteiger partial charge < -0.3 is 14.6 Å². The van der Waals surface area contributed by atoms with Crippen LogP contribution in [-0.4, -0.2) is 17.8 Å². The molecule has 0 amide bonds. The van der Waals surface area contributed by atoms with Gasteiger partial charge in [0, 0.05) is 6.07 Å². The highest BCUT2D eigenvalue weighted by molar-refractivity contribution is 5.38. The molecule has 0 aliphatic rings. The summed E-state index contributed by atoms with van der Waals surface area (Å²) in [5, 5.41) is 9.18. The van der Waals surface area contributed by atoms with Crippen molar-refractivity contribution in [3.05, 3.63) is 23.8 Å². The topological polar surface area (TPSA) is 38.7 Å². The van der Waals surface area contributed by atoms with Gasteiger partial charge in [0.25, 0.3) is 0 Å². The predicted molar refractivity (Wildman–Crippen MR) is 68.5 cm³/mol. The zero-order chi connectivity index (χ0) is 12.7. The van der Waals surface area contributed by atoms with Crippen molar-refractivity contribution in [3.8, 4) is 11.5 Å². The molecule has 0 fully saturated rings. The zero-order valence-corrected chi connectivity index (χ0v) is 10.9. The van der Waals surface area contributed by atoms with Crippen LogP contribution in [0, 0.1) is 0 Å². The number of rotatable bonds is 7. The van der Waals surface area contributed by atoms with Gasteiger partial charge in [-0.25, -0.2) is 0 Å². The number of hydrogen-bond donors (Lipinski definition) is 1. The SMILES string of the molecule is CCCCOc1cc(CO)cc(OC(C)C)c1. The molecule has 1 N–H and O–H groups in total. The molecule has 3 heteroatoms. The standard InChI is InChI=1S/C14H22O3/c1-4-5-6-16-13-7-12(10-15)8-14(9-13)17-11(2)3/h7-9,11,15H,4-6,10H2,1-3H3. The lowest BCUT2D eigenvalue weighted by Gasteiger charge is -2.13. The van der Waals surface area contributed by atoms with Crippen molar-refractivity contribution in [2.75, 3.05) is 6.61 Å². The average Bonchev–Trinajstić information content (AvgIpc) is 2.28. The lowest BCUT2D eigenvalue weighted by molar-refractivity contribution is 0.237. The molecule has 1 aromatic rings. The van der Waals surface area contributed by atoms with Crippen LogP contribution < -0.4 is 9.47 Å². The van der Waals surface area contributed by atoms with Crippen LogP contribution in [0.2, 0.25) is 0 Å². The molecular weight excluding hydrogens is 216 g/mol. The fraction of sp³-hybridized carbons (Fsp3) is 0.571. The Morgan fingerprint density at radius 2 is 1.88 bits per heavy atom. The third kappa shape index (κ3) is 5.09. The molecule has 0 aliphatic heterocycles. The van der Waals surface area contributed by atoms with E-state index in [1.807, 2.05) is 32.0 Å². The van der Waals surface area contributed by atoms with Gasteiger partial charge in [-0.15, -0.1) is 0 Å². The summed E-state index contributed by atoms with van der Waals surface area (Å²) in [5.74, 6) is 1.51. The highest BCUT2D eigenvalue weighted by atomic mass is 16.5. The van der Waals surface area contributed by atoms with Gasteiger partial charge in [-0.2, -0.15) is 0 Å². The second kappa shape index (κ2) is 7.17. The van der Waals surface area contributed by atoms with Crippen molar-refractivity contribution >= 4 is 0 Å². The summed E-state index contributed by atoms with van der Waals surface area (Å²) in [4.78, 5) is 0. The third-order valence-electron chi connectivity index (χ3n) is 2.26. The minimum absolute atomic E-state index is 0.000562. The molecule has 0 aromatic heterocycles. The Morgan fingerprint density at radius 1 is 1.18 bits per heavy atom. The maximum absolute atomic E-state index is 9.18. The van der Waals surface area contributed by atoms with Crippen LogP contribution in [-0.2, 0) is 6.61 Å². The van der Waals surface area contributed by atoms with Crippen molar-refractivity contribution in [3.63, 3.8) is 0 Å². The van der Waals surface area contributed by atoms with Gasteiger partial charge in [0.1, 0.15) is 11.5 Å². The molecule has 1 aromatic carbocycles. The lowest BCUT2D eigenvalue weighted by Crippen LogP contribution is -2.06. The van der Waals surface area contributed by atoms with E-state index < -0.39 is 0 Å². The van der Waals surface area contributed by atoms with E-state index in [4.69, 9.17) is 9.47 Å². The van der Waals surface area contributed by atoms with Crippen LogP contribution in [0.3, 0.4) is 0 Å². The molecule has 17 heavy (non-hydrogen) atoms. The monoisotopic (exact) mass is 238 g/mol. The van der Waals surface area contributed by atoms with Gasteiger partial charge in [0.15, 0.2) is 0 Å². The first-order valence-electron chi connectivity index (χ1n) is 6.20. The molecule has 0 spiro atoms. The van der Waals surface area contributed by atoms with Crippen LogP contribution in [0.5, 0.6) is 11.5 Å². The van der Waals surface area contributed by atoms with Gasteiger partial charge >= 0.3 is 0 Å². The highest BCUT2D eigenvalue weighted by Crippen LogP contribution is 2.24. The molecule has 3 nitrogen and oxygen atoms in total. The van der Waals surface area contributed by atoms with E-state index in [2.05, 4.69) is 6.92 Å². The number of hydrogen-bond acceptors (Lipinski definition) is 3. The summed E-state index contributed by atoms with van der Waals surface area (Å²) in [6.07, 6.45) is 2.26. The quantitative estimate of drug-likeness (QED) is 0.742. The van der Waals surface area contributed by atoms with Crippen molar-refractivity contribution in [1.82, 2.24) is 0 Å². The van der Waals surface area contributed by atoms with Crippen molar-refractivity contribution in [2.45, 2.75) is 46.3 Å². The number of unbranched alkanes of at least 4 members (excludes halogenated alkanes) is 1. The summed E-state index contributed by atoms with van der Waals surface area (Å²) in [6.45, 7) is 6.78. The van der Waals surface area contributed by atoms with E-state index in [-0.39, 0.29) is 12.7 Å². The Morgan fingerprint density at radius 3 is 2.47 bits per heavy atom. The summed E-state index contributed by atoms with van der Waals surface area (Å²) >= 11 is 0. The summed E-state index contributed by atoms with van der Waals surface area (Å²) in [7, 11) is 0. The Balaban J connectivity index is 2.74. The molecule has 0 atom stereocenters. The summed E-state index contributed by atoms with van der Waals surface area (Å²) < 4.78 is 11.2. The molecular formula is C14H22O3. The largest absolute Gasteiger partial charge is 0.493 e. The number of aliphatic hydroxyl groups excluding tert-OH is 1. The van der Waals surface area contributed by atoms with Gasteiger partial charge in [-0.05, 0) is 38.0 Å². The Bertz CT molecular complexity index is 334. The first kappa shape index (κ1) is 13.8. The van der Waals surface area contributed by atoms with Crippen LogP contribution in [0.25, 0.3) is 0 Å². The third-order valence-corrected chi connectivity index (χ3v) is 2.26. The predicted octanol–water partition coefficient (Wildman–Crippen LogP) is 3.15. The Kier molecular flexibility index (Phi) is 5.84. The van der Waals surface area contributed by atoms with Crippen LogP contribution in [0.15, 0.2) is 18.2 Å².